The van der Waals surface area contributed by atoms with Crippen LogP contribution in [-0.4, -0.2) is 6.54 Å². The monoisotopic (exact) mass is 214 g/mol. The number of hydrogen-bond acceptors (Lipinski definition) is 2. The summed E-state index contributed by atoms with van der Waals surface area (Å²) in [7, 11) is 0. The SMILES string of the molecule is Cc1cccc(C)c1[C@@H](N)CCN.Cl. The van der Waals surface area contributed by atoms with E-state index in [4.69, 9.17) is 11.5 Å². The van der Waals surface area contributed by atoms with Crippen molar-refractivity contribution in [3.63, 3.8) is 0 Å². The summed E-state index contributed by atoms with van der Waals surface area (Å²) in [6.07, 6.45) is 0.853. The van der Waals surface area contributed by atoms with Crippen molar-refractivity contribution in [2.75, 3.05) is 6.54 Å². The zero-order valence-electron chi connectivity index (χ0n) is 8.79. The fourth-order valence-electron chi connectivity index (χ4n) is 1.74. The van der Waals surface area contributed by atoms with Crippen molar-refractivity contribution in [3.8, 4) is 0 Å². The molecule has 0 aromatic heterocycles. The van der Waals surface area contributed by atoms with E-state index in [1.807, 2.05) is 0 Å². The van der Waals surface area contributed by atoms with Gasteiger partial charge < -0.3 is 11.5 Å². The lowest BCUT2D eigenvalue weighted by atomic mass is 9.95. The number of aryl methyl sites for hydroxylation is 2. The summed E-state index contributed by atoms with van der Waals surface area (Å²) in [6.45, 7) is 4.84. The smallest absolute Gasteiger partial charge is 0.0312 e. The Balaban J connectivity index is 0.00000169. The Morgan fingerprint density at radius 3 is 2.14 bits per heavy atom. The van der Waals surface area contributed by atoms with E-state index in [1.54, 1.807) is 0 Å². The van der Waals surface area contributed by atoms with Gasteiger partial charge in [0.15, 0.2) is 0 Å². The molecule has 3 heteroatoms. The molecule has 0 aliphatic heterocycles. The molecule has 0 saturated carbocycles. The quantitative estimate of drug-likeness (QED) is 0.810. The molecule has 0 saturated heterocycles. The molecular weight excluding hydrogens is 196 g/mol. The van der Waals surface area contributed by atoms with Gasteiger partial charge in [-0.05, 0) is 43.5 Å². The van der Waals surface area contributed by atoms with E-state index in [9.17, 15) is 0 Å². The Morgan fingerprint density at radius 2 is 1.71 bits per heavy atom. The molecule has 0 aliphatic carbocycles. The molecule has 0 bridgehead atoms. The molecule has 0 aliphatic rings. The van der Waals surface area contributed by atoms with Crippen molar-refractivity contribution in [1.29, 1.82) is 0 Å². The topological polar surface area (TPSA) is 52.0 Å². The van der Waals surface area contributed by atoms with Gasteiger partial charge in [0, 0.05) is 6.04 Å². The second-order valence-corrected chi connectivity index (χ2v) is 3.49. The highest BCUT2D eigenvalue weighted by molar-refractivity contribution is 5.85. The van der Waals surface area contributed by atoms with Crippen molar-refractivity contribution in [3.05, 3.63) is 34.9 Å². The minimum Gasteiger partial charge on any atom is -0.330 e. The van der Waals surface area contributed by atoms with E-state index in [2.05, 4.69) is 32.0 Å². The Kier molecular flexibility index (Phi) is 5.77. The predicted octanol–water partition coefficient (Wildman–Crippen LogP) is 2.07. The van der Waals surface area contributed by atoms with E-state index in [1.165, 1.54) is 16.7 Å². The van der Waals surface area contributed by atoms with Gasteiger partial charge in [0.25, 0.3) is 0 Å². The van der Waals surface area contributed by atoms with Crippen LogP contribution in [0, 0.1) is 13.8 Å². The molecule has 0 fully saturated rings. The number of nitrogens with two attached hydrogens (primary N) is 2. The predicted molar refractivity (Wildman–Crippen MR) is 63.8 cm³/mol. The highest BCUT2D eigenvalue weighted by Crippen LogP contribution is 2.21. The molecule has 0 amide bonds. The maximum absolute atomic E-state index is 6.03. The minimum atomic E-state index is 0. The van der Waals surface area contributed by atoms with Gasteiger partial charge in [-0.1, -0.05) is 18.2 Å². The minimum absolute atomic E-state index is 0. The normalized spacial score (nSPS) is 12.0. The zero-order chi connectivity index (χ0) is 9.84. The second-order valence-electron chi connectivity index (χ2n) is 3.49. The van der Waals surface area contributed by atoms with Crippen LogP contribution in [0.4, 0.5) is 0 Å². The Labute approximate surface area is 92.1 Å². The molecule has 4 N–H and O–H groups in total. The lowest BCUT2D eigenvalue weighted by Gasteiger charge is -2.16. The highest BCUT2D eigenvalue weighted by atomic mass is 35.5. The lowest BCUT2D eigenvalue weighted by molar-refractivity contribution is 0.654. The maximum Gasteiger partial charge on any atom is 0.0312 e. The van der Waals surface area contributed by atoms with Gasteiger partial charge >= 0.3 is 0 Å². The first-order chi connectivity index (χ1) is 6.16. The molecule has 80 valence electrons. The summed E-state index contributed by atoms with van der Waals surface area (Å²) < 4.78 is 0. The average Bonchev–Trinajstić information content (AvgIpc) is 2.04. The Hall–Kier alpha value is -0.570. The summed E-state index contributed by atoms with van der Waals surface area (Å²) in [6, 6.07) is 6.34. The summed E-state index contributed by atoms with van der Waals surface area (Å²) in [5.41, 5.74) is 15.3. The van der Waals surface area contributed by atoms with Gasteiger partial charge in [-0.3, -0.25) is 0 Å². The molecular formula is C11H19ClN2. The number of rotatable bonds is 3. The molecule has 1 atom stereocenters. The average molecular weight is 215 g/mol. The molecule has 1 aromatic rings. The van der Waals surface area contributed by atoms with Crippen LogP contribution < -0.4 is 11.5 Å². The molecule has 1 aromatic carbocycles. The van der Waals surface area contributed by atoms with E-state index < -0.39 is 0 Å². The zero-order valence-corrected chi connectivity index (χ0v) is 9.60. The van der Waals surface area contributed by atoms with Crippen LogP contribution in [0.1, 0.15) is 29.2 Å². The van der Waals surface area contributed by atoms with Gasteiger partial charge in [0.2, 0.25) is 0 Å². The highest BCUT2D eigenvalue weighted by Gasteiger charge is 2.09. The summed E-state index contributed by atoms with van der Waals surface area (Å²) in [5, 5.41) is 0. The van der Waals surface area contributed by atoms with Crippen molar-refractivity contribution in [2.45, 2.75) is 26.3 Å². The van der Waals surface area contributed by atoms with Gasteiger partial charge in [0.1, 0.15) is 0 Å². The van der Waals surface area contributed by atoms with Crippen molar-refractivity contribution in [2.24, 2.45) is 11.5 Å². The second kappa shape index (κ2) is 6.02. The Bertz CT molecular complexity index is 266. The van der Waals surface area contributed by atoms with E-state index in [-0.39, 0.29) is 18.4 Å². The van der Waals surface area contributed by atoms with Crippen LogP contribution in [0.15, 0.2) is 18.2 Å². The number of hydrogen-bond donors (Lipinski definition) is 2. The van der Waals surface area contributed by atoms with Gasteiger partial charge in [-0.2, -0.15) is 0 Å². The number of benzene rings is 1. The standard InChI is InChI=1S/C11H18N2.ClH/c1-8-4-3-5-9(2)11(8)10(13)6-7-12;/h3-5,10H,6-7,12-13H2,1-2H3;1H/t10-;/m0./s1. The van der Waals surface area contributed by atoms with Crippen molar-refractivity contribution < 1.29 is 0 Å². The van der Waals surface area contributed by atoms with Gasteiger partial charge in [0.05, 0.1) is 0 Å². The molecule has 1 rings (SSSR count). The molecule has 14 heavy (non-hydrogen) atoms. The van der Waals surface area contributed by atoms with Gasteiger partial charge in [-0.25, -0.2) is 0 Å². The molecule has 0 radical (unpaired) electrons. The van der Waals surface area contributed by atoms with E-state index in [0.717, 1.165) is 6.42 Å². The fourth-order valence-corrected chi connectivity index (χ4v) is 1.74. The van der Waals surface area contributed by atoms with Crippen LogP contribution >= 0.6 is 12.4 Å². The summed E-state index contributed by atoms with van der Waals surface area (Å²) >= 11 is 0. The molecule has 0 heterocycles. The van der Waals surface area contributed by atoms with Gasteiger partial charge in [-0.15, -0.1) is 12.4 Å². The third kappa shape index (κ3) is 2.98. The van der Waals surface area contributed by atoms with Crippen LogP contribution in [0.3, 0.4) is 0 Å². The summed E-state index contributed by atoms with van der Waals surface area (Å²) in [4.78, 5) is 0. The fraction of sp³-hybridized carbons (Fsp3) is 0.455. The maximum atomic E-state index is 6.03. The number of halogens is 1. The first-order valence-corrected chi connectivity index (χ1v) is 4.68. The van der Waals surface area contributed by atoms with Crippen LogP contribution in [0.2, 0.25) is 0 Å². The van der Waals surface area contributed by atoms with Crippen molar-refractivity contribution >= 4 is 12.4 Å². The lowest BCUT2D eigenvalue weighted by Crippen LogP contribution is -2.17. The molecule has 0 unspecified atom stereocenters. The van der Waals surface area contributed by atoms with Crippen LogP contribution in [0.5, 0.6) is 0 Å². The van der Waals surface area contributed by atoms with E-state index in [0.29, 0.717) is 6.54 Å². The largest absolute Gasteiger partial charge is 0.330 e. The van der Waals surface area contributed by atoms with Crippen molar-refractivity contribution in [1.82, 2.24) is 0 Å². The Morgan fingerprint density at radius 1 is 1.21 bits per heavy atom. The van der Waals surface area contributed by atoms with Crippen LogP contribution in [-0.2, 0) is 0 Å². The van der Waals surface area contributed by atoms with Crippen LogP contribution in [0.25, 0.3) is 0 Å². The first kappa shape index (κ1) is 13.4. The van der Waals surface area contributed by atoms with E-state index >= 15 is 0 Å². The summed E-state index contributed by atoms with van der Waals surface area (Å²) in [5.74, 6) is 0. The first-order valence-electron chi connectivity index (χ1n) is 4.68. The molecule has 2 nitrogen and oxygen atoms in total. The third-order valence-electron chi connectivity index (χ3n) is 2.39. The molecule has 0 spiro atoms. The third-order valence-corrected chi connectivity index (χ3v) is 2.39.